The van der Waals surface area contributed by atoms with Gasteiger partial charge in [0.05, 0.1) is 17.7 Å². The highest BCUT2D eigenvalue weighted by atomic mass is 32.2. The molecule has 0 saturated heterocycles. The lowest BCUT2D eigenvalue weighted by atomic mass is 10.4. The Morgan fingerprint density at radius 2 is 2.08 bits per heavy atom. The first-order valence-electron chi connectivity index (χ1n) is 7.91. The van der Waals surface area contributed by atoms with Gasteiger partial charge in [0.2, 0.25) is 5.91 Å². The average molecular weight is 360 g/mol. The van der Waals surface area contributed by atoms with Crippen LogP contribution in [-0.4, -0.2) is 35.7 Å². The molecular weight excluding hydrogens is 340 g/mol. The van der Waals surface area contributed by atoms with Crippen LogP contribution in [0.1, 0.15) is 26.8 Å². The lowest BCUT2D eigenvalue weighted by Crippen LogP contribution is -2.25. The van der Waals surface area contributed by atoms with Crippen molar-refractivity contribution < 1.29 is 9.21 Å². The number of hydrogen-bond donors (Lipinski definition) is 1. The standard InChI is InChI=1S/C16H20N6O2S/c1-10(2)22-13(7-8-17-22)18-15(23)11(3)25-16-20-19-14(21(16)4)12-6-5-9-24-12/h5-11H,1-4H3,(H,18,23)/t11-/m1/s1. The molecule has 3 heterocycles. The van der Waals surface area contributed by atoms with Gasteiger partial charge in [0.15, 0.2) is 16.7 Å². The zero-order valence-corrected chi connectivity index (χ0v) is 15.3. The predicted octanol–water partition coefficient (Wildman–Crippen LogP) is 2.97. The molecule has 0 unspecified atom stereocenters. The number of nitrogens with zero attached hydrogens (tertiary/aromatic N) is 5. The third kappa shape index (κ3) is 3.60. The van der Waals surface area contributed by atoms with Crippen molar-refractivity contribution in [2.75, 3.05) is 5.32 Å². The summed E-state index contributed by atoms with van der Waals surface area (Å²) in [7, 11) is 1.85. The molecule has 1 N–H and O–H groups in total. The van der Waals surface area contributed by atoms with E-state index < -0.39 is 0 Å². The van der Waals surface area contributed by atoms with Crippen LogP contribution in [0, 0.1) is 0 Å². The van der Waals surface area contributed by atoms with Crippen LogP contribution in [0.25, 0.3) is 11.6 Å². The van der Waals surface area contributed by atoms with E-state index >= 15 is 0 Å². The summed E-state index contributed by atoms with van der Waals surface area (Å²) in [5, 5.41) is 15.7. The third-order valence-corrected chi connectivity index (χ3v) is 4.77. The van der Waals surface area contributed by atoms with Crippen LogP contribution in [0.4, 0.5) is 5.82 Å². The highest BCUT2D eigenvalue weighted by molar-refractivity contribution is 8.00. The van der Waals surface area contributed by atoms with Gasteiger partial charge >= 0.3 is 0 Å². The lowest BCUT2D eigenvalue weighted by Gasteiger charge is -2.14. The zero-order chi connectivity index (χ0) is 18.0. The van der Waals surface area contributed by atoms with Crippen molar-refractivity contribution in [1.82, 2.24) is 24.5 Å². The van der Waals surface area contributed by atoms with E-state index in [9.17, 15) is 4.79 Å². The van der Waals surface area contributed by atoms with Crippen molar-refractivity contribution >= 4 is 23.5 Å². The van der Waals surface area contributed by atoms with Gasteiger partial charge in [-0.2, -0.15) is 5.10 Å². The smallest absolute Gasteiger partial charge is 0.238 e. The number of amides is 1. The lowest BCUT2D eigenvalue weighted by molar-refractivity contribution is -0.115. The Labute approximate surface area is 149 Å². The monoisotopic (exact) mass is 360 g/mol. The van der Waals surface area contributed by atoms with Crippen LogP contribution >= 0.6 is 11.8 Å². The highest BCUT2D eigenvalue weighted by Gasteiger charge is 2.21. The van der Waals surface area contributed by atoms with E-state index in [0.717, 1.165) is 0 Å². The summed E-state index contributed by atoms with van der Waals surface area (Å²) in [5.41, 5.74) is 0. The molecule has 0 aliphatic carbocycles. The van der Waals surface area contributed by atoms with Crippen LogP contribution in [0.3, 0.4) is 0 Å². The van der Waals surface area contributed by atoms with E-state index in [1.807, 2.05) is 38.5 Å². The second-order valence-corrected chi connectivity index (χ2v) is 7.15. The Kier molecular flexibility index (Phi) is 4.93. The largest absolute Gasteiger partial charge is 0.461 e. The van der Waals surface area contributed by atoms with Gasteiger partial charge in [-0.1, -0.05) is 11.8 Å². The number of furan rings is 1. The molecule has 1 atom stereocenters. The van der Waals surface area contributed by atoms with E-state index in [2.05, 4.69) is 20.6 Å². The topological polar surface area (TPSA) is 90.8 Å². The Morgan fingerprint density at radius 3 is 2.76 bits per heavy atom. The minimum Gasteiger partial charge on any atom is -0.461 e. The summed E-state index contributed by atoms with van der Waals surface area (Å²) < 4.78 is 8.93. The van der Waals surface area contributed by atoms with E-state index in [0.29, 0.717) is 22.6 Å². The van der Waals surface area contributed by atoms with Gasteiger partial charge in [0.25, 0.3) is 0 Å². The number of anilines is 1. The number of carbonyl (C=O) groups excluding carboxylic acids is 1. The van der Waals surface area contributed by atoms with E-state index in [1.54, 1.807) is 29.3 Å². The summed E-state index contributed by atoms with van der Waals surface area (Å²) in [5.74, 6) is 1.83. The molecule has 0 aliphatic rings. The van der Waals surface area contributed by atoms with E-state index in [-0.39, 0.29) is 17.2 Å². The summed E-state index contributed by atoms with van der Waals surface area (Å²) >= 11 is 1.34. The third-order valence-electron chi connectivity index (χ3n) is 3.64. The van der Waals surface area contributed by atoms with Crippen molar-refractivity contribution in [2.45, 2.75) is 37.2 Å². The molecule has 0 spiro atoms. The molecule has 9 heteroatoms. The number of carbonyl (C=O) groups is 1. The molecule has 3 aromatic rings. The van der Waals surface area contributed by atoms with Crippen LogP contribution in [0.15, 0.2) is 40.2 Å². The van der Waals surface area contributed by atoms with Gasteiger partial charge in [-0.05, 0) is 32.9 Å². The Bertz CT molecular complexity index is 852. The predicted molar refractivity (Wildman–Crippen MR) is 95.3 cm³/mol. The first-order valence-corrected chi connectivity index (χ1v) is 8.79. The Morgan fingerprint density at radius 1 is 1.28 bits per heavy atom. The molecule has 0 aromatic carbocycles. The number of aromatic nitrogens is 5. The van der Waals surface area contributed by atoms with Crippen molar-refractivity contribution in [3.63, 3.8) is 0 Å². The van der Waals surface area contributed by atoms with Gasteiger partial charge < -0.3 is 14.3 Å². The van der Waals surface area contributed by atoms with Crippen LogP contribution in [-0.2, 0) is 11.8 Å². The quantitative estimate of drug-likeness (QED) is 0.680. The normalized spacial score (nSPS) is 12.5. The Balaban J connectivity index is 1.69. The maximum Gasteiger partial charge on any atom is 0.238 e. The maximum atomic E-state index is 12.5. The molecule has 1 amide bonds. The minimum absolute atomic E-state index is 0.116. The number of nitrogens with one attached hydrogen (secondary N) is 1. The van der Waals surface area contributed by atoms with Gasteiger partial charge in [-0.3, -0.25) is 4.79 Å². The summed E-state index contributed by atoms with van der Waals surface area (Å²) in [6, 6.07) is 5.57. The minimum atomic E-state index is -0.345. The first kappa shape index (κ1) is 17.3. The molecule has 0 saturated carbocycles. The van der Waals surface area contributed by atoms with Crippen molar-refractivity contribution in [1.29, 1.82) is 0 Å². The van der Waals surface area contributed by atoms with Gasteiger partial charge in [0, 0.05) is 19.2 Å². The van der Waals surface area contributed by atoms with Crippen molar-refractivity contribution in [3.05, 3.63) is 30.7 Å². The fraction of sp³-hybridized carbons (Fsp3) is 0.375. The van der Waals surface area contributed by atoms with E-state index in [1.165, 1.54) is 11.8 Å². The highest BCUT2D eigenvalue weighted by Crippen LogP contribution is 2.26. The molecular formula is C16H20N6O2S. The van der Waals surface area contributed by atoms with E-state index in [4.69, 9.17) is 4.42 Å². The first-order chi connectivity index (χ1) is 12.0. The fourth-order valence-electron chi connectivity index (χ4n) is 2.30. The van der Waals surface area contributed by atoms with Crippen molar-refractivity contribution in [2.24, 2.45) is 7.05 Å². The van der Waals surface area contributed by atoms with Gasteiger partial charge in [0.1, 0.15) is 5.82 Å². The second-order valence-electron chi connectivity index (χ2n) is 5.85. The SMILES string of the molecule is CC(C)n1nccc1NC(=O)[C@@H](C)Sc1nnc(-c2ccco2)n1C. The molecule has 3 aromatic heterocycles. The molecule has 0 radical (unpaired) electrons. The summed E-state index contributed by atoms with van der Waals surface area (Å²) in [6.45, 7) is 5.85. The van der Waals surface area contributed by atoms with Crippen LogP contribution in [0.2, 0.25) is 0 Å². The molecule has 0 bridgehead atoms. The average Bonchev–Trinajstić information content (AvgIpc) is 3.29. The summed E-state index contributed by atoms with van der Waals surface area (Å²) in [4.78, 5) is 12.5. The molecule has 0 fully saturated rings. The molecule has 8 nitrogen and oxygen atoms in total. The number of thioether (sulfide) groups is 1. The molecule has 25 heavy (non-hydrogen) atoms. The van der Waals surface area contributed by atoms with Crippen LogP contribution < -0.4 is 5.32 Å². The van der Waals surface area contributed by atoms with Crippen molar-refractivity contribution in [3.8, 4) is 11.6 Å². The fourth-order valence-corrected chi connectivity index (χ4v) is 3.12. The zero-order valence-electron chi connectivity index (χ0n) is 14.5. The number of hydrogen-bond acceptors (Lipinski definition) is 6. The molecule has 3 rings (SSSR count). The molecule has 132 valence electrons. The maximum absolute atomic E-state index is 12.5. The second kappa shape index (κ2) is 7.14. The Hall–Kier alpha value is -2.55. The summed E-state index contributed by atoms with van der Waals surface area (Å²) in [6.07, 6.45) is 3.26. The van der Waals surface area contributed by atoms with Crippen LogP contribution in [0.5, 0.6) is 0 Å². The van der Waals surface area contributed by atoms with Gasteiger partial charge in [-0.25, -0.2) is 4.68 Å². The van der Waals surface area contributed by atoms with Gasteiger partial charge in [-0.15, -0.1) is 10.2 Å². The number of rotatable bonds is 6. The molecule has 0 aliphatic heterocycles.